The Morgan fingerprint density at radius 3 is 2.45 bits per heavy atom. The van der Waals surface area contributed by atoms with Crippen molar-refractivity contribution >= 4 is 29.2 Å². The van der Waals surface area contributed by atoms with Crippen LogP contribution in [0.1, 0.15) is 57.8 Å². The number of anilines is 1. The summed E-state index contributed by atoms with van der Waals surface area (Å²) in [6.07, 6.45) is 9.69. The molecule has 3 heterocycles. The van der Waals surface area contributed by atoms with Gasteiger partial charge in [-0.3, -0.25) is 14.5 Å². The summed E-state index contributed by atoms with van der Waals surface area (Å²) in [7, 11) is 0. The molecule has 3 aliphatic rings. The molecule has 158 valence electrons. The lowest BCUT2D eigenvalue weighted by Crippen LogP contribution is -2.47. The molecule has 1 aliphatic carbocycles. The number of carbonyl (C=O) groups is 2. The number of hydrogen-bond acceptors (Lipinski definition) is 6. The van der Waals surface area contributed by atoms with E-state index in [1.54, 1.807) is 6.07 Å². The Bertz CT molecular complexity index is 725. The maximum atomic E-state index is 12.5. The Balaban J connectivity index is 1.16. The van der Waals surface area contributed by atoms with Crippen molar-refractivity contribution in [2.75, 3.05) is 31.1 Å². The average Bonchev–Trinajstić information content (AvgIpc) is 3.14. The number of ether oxygens (including phenoxy) is 1. The molecule has 3 fully saturated rings. The van der Waals surface area contributed by atoms with Crippen molar-refractivity contribution in [3.8, 4) is 0 Å². The summed E-state index contributed by atoms with van der Waals surface area (Å²) in [6.45, 7) is 2.78. The van der Waals surface area contributed by atoms with Crippen molar-refractivity contribution in [3.05, 3.63) is 17.5 Å². The monoisotopic (exact) mass is 420 g/mol. The topological polar surface area (TPSA) is 75.6 Å². The molecular weight excluding hydrogens is 392 g/mol. The molecule has 1 aromatic rings. The number of hydrogen-bond donors (Lipinski definition) is 0. The van der Waals surface area contributed by atoms with Crippen molar-refractivity contribution in [2.24, 2.45) is 5.41 Å². The fourth-order valence-electron chi connectivity index (χ4n) is 4.98. The predicted octanol–water partition coefficient (Wildman–Crippen LogP) is 3.21. The summed E-state index contributed by atoms with van der Waals surface area (Å²) in [5, 5.41) is 0.453. The van der Waals surface area contributed by atoms with Crippen LogP contribution in [0.15, 0.2) is 12.4 Å². The molecule has 4 rings (SSSR count). The first kappa shape index (κ1) is 20.5. The van der Waals surface area contributed by atoms with Crippen molar-refractivity contribution in [3.63, 3.8) is 0 Å². The molecule has 2 saturated heterocycles. The van der Waals surface area contributed by atoms with Gasteiger partial charge in [-0.2, -0.15) is 0 Å². The fraction of sp³-hybridized carbons (Fsp3) is 0.714. The number of rotatable bonds is 6. The number of nitrogens with zero attached hydrogens (tertiary/aromatic N) is 4. The SMILES string of the molecule is O=C1CC2(CCCC2)CC(=O)N1CCCOC1CCN(c2cc(Cl)ncn2)CC1. The number of aromatic nitrogens is 2. The zero-order chi connectivity index (χ0) is 20.3. The van der Waals surface area contributed by atoms with E-state index in [0.29, 0.717) is 37.6 Å². The van der Waals surface area contributed by atoms with E-state index in [0.717, 1.165) is 57.4 Å². The van der Waals surface area contributed by atoms with Gasteiger partial charge >= 0.3 is 0 Å². The second kappa shape index (κ2) is 8.96. The summed E-state index contributed by atoms with van der Waals surface area (Å²) in [4.78, 5) is 36.8. The normalized spacial score (nSPS) is 22.7. The van der Waals surface area contributed by atoms with Gasteiger partial charge in [0.2, 0.25) is 11.8 Å². The van der Waals surface area contributed by atoms with Crippen LogP contribution in [-0.4, -0.2) is 59.0 Å². The standard InChI is InChI=1S/C21H29ClN4O3/c22-17-12-18(24-15-23-17)25-9-4-16(5-10-25)29-11-3-8-26-19(27)13-21(14-20(26)28)6-1-2-7-21/h12,15-16H,1-11,13-14H2. The third kappa shape index (κ3) is 4.89. The first-order chi connectivity index (χ1) is 14.0. The zero-order valence-electron chi connectivity index (χ0n) is 16.8. The molecule has 0 bridgehead atoms. The molecule has 1 aromatic heterocycles. The van der Waals surface area contributed by atoms with Crippen LogP contribution < -0.4 is 4.90 Å². The van der Waals surface area contributed by atoms with Gasteiger partial charge in [0.05, 0.1) is 6.10 Å². The first-order valence-corrected chi connectivity index (χ1v) is 11.1. The summed E-state index contributed by atoms with van der Waals surface area (Å²) in [5.74, 6) is 0.880. The Morgan fingerprint density at radius 2 is 1.79 bits per heavy atom. The maximum Gasteiger partial charge on any atom is 0.229 e. The van der Waals surface area contributed by atoms with E-state index < -0.39 is 0 Å². The molecule has 8 heteroatoms. The quantitative estimate of drug-likeness (QED) is 0.399. The van der Waals surface area contributed by atoms with E-state index in [4.69, 9.17) is 16.3 Å². The van der Waals surface area contributed by atoms with Gasteiger partial charge in [0.25, 0.3) is 0 Å². The van der Waals surface area contributed by atoms with E-state index in [1.807, 2.05) is 0 Å². The molecular formula is C21H29ClN4O3. The Labute approximate surface area is 176 Å². The van der Waals surface area contributed by atoms with Gasteiger partial charge in [-0.1, -0.05) is 24.4 Å². The number of piperidine rings is 2. The van der Waals surface area contributed by atoms with Crippen LogP contribution in [0, 0.1) is 5.41 Å². The van der Waals surface area contributed by atoms with Gasteiger partial charge in [-0.25, -0.2) is 9.97 Å². The van der Waals surface area contributed by atoms with Gasteiger partial charge < -0.3 is 9.64 Å². The maximum absolute atomic E-state index is 12.5. The Hall–Kier alpha value is -1.73. The first-order valence-electron chi connectivity index (χ1n) is 10.7. The number of imide groups is 1. The van der Waals surface area contributed by atoms with Crippen LogP contribution in [0.4, 0.5) is 5.82 Å². The minimum Gasteiger partial charge on any atom is -0.378 e. The highest BCUT2D eigenvalue weighted by atomic mass is 35.5. The number of amides is 2. The van der Waals surface area contributed by atoms with Gasteiger partial charge in [0.15, 0.2) is 0 Å². The highest BCUT2D eigenvalue weighted by Crippen LogP contribution is 2.46. The van der Waals surface area contributed by atoms with Gasteiger partial charge in [-0.05, 0) is 37.5 Å². The fourth-order valence-corrected chi connectivity index (χ4v) is 5.12. The molecule has 0 atom stereocenters. The molecule has 2 amide bonds. The van der Waals surface area contributed by atoms with Crippen LogP contribution in [0.25, 0.3) is 0 Å². The summed E-state index contributed by atoms with van der Waals surface area (Å²) in [5.41, 5.74) is -0.0248. The molecule has 1 spiro atoms. The van der Waals surface area contributed by atoms with Crippen molar-refractivity contribution in [1.29, 1.82) is 0 Å². The molecule has 1 saturated carbocycles. The van der Waals surface area contributed by atoms with E-state index >= 15 is 0 Å². The van der Waals surface area contributed by atoms with E-state index in [2.05, 4.69) is 14.9 Å². The van der Waals surface area contributed by atoms with Crippen molar-refractivity contribution in [1.82, 2.24) is 14.9 Å². The molecule has 0 N–H and O–H groups in total. The van der Waals surface area contributed by atoms with Crippen LogP contribution in [-0.2, 0) is 14.3 Å². The van der Waals surface area contributed by atoms with Crippen LogP contribution in [0.5, 0.6) is 0 Å². The predicted molar refractivity (Wildman–Crippen MR) is 110 cm³/mol. The molecule has 0 radical (unpaired) electrons. The second-order valence-corrected chi connectivity index (χ2v) is 9.00. The van der Waals surface area contributed by atoms with Crippen molar-refractivity contribution < 1.29 is 14.3 Å². The smallest absolute Gasteiger partial charge is 0.229 e. The van der Waals surface area contributed by atoms with E-state index in [-0.39, 0.29) is 23.3 Å². The number of carbonyl (C=O) groups excluding carboxylic acids is 2. The van der Waals surface area contributed by atoms with Gasteiger partial charge in [0.1, 0.15) is 17.3 Å². The molecule has 0 aromatic carbocycles. The summed E-state index contributed by atoms with van der Waals surface area (Å²) < 4.78 is 6.01. The average molecular weight is 421 g/mol. The van der Waals surface area contributed by atoms with E-state index in [1.165, 1.54) is 11.2 Å². The summed E-state index contributed by atoms with van der Waals surface area (Å²) in [6, 6.07) is 1.78. The largest absolute Gasteiger partial charge is 0.378 e. The Morgan fingerprint density at radius 1 is 1.10 bits per heavy atom. The lowest BCUT2D eigenvalue weighted by Gasteiger charge is -2.37. The molecule has 2 aliphatic heterocycles. The minimum absolute atomic E-state index is 0.0139. The van der Waals surface area contributed by atoms with Crippen LogP contribution >= 0.6 is 11.6 Å². The summed E-state index contributed by atoms with van der Waals surface area (Å²) >= 11 is 5.94. The van der Waals surface area contributed by atoms with Gasteiger partial charge in [-0.15, -0.1) is 0 Å². The third-order valence-electron chi connectivity index (χ3n) is 6.58. The lowest BCUT2D eigenvalue weighted by atomic mass is 9.76. The molecule has 0 unspecified atom stereocenters. The molecule has 29 heavy (non-hydrogen) atoms. The highest BCUT2D eigenvalue weighted by Gasteiger charge is 2.44. The van der Waals surface area contributed by atoms with E-state index in [9.17, 15) is 9.59 Å². The molecule has 7 nitrogen and oxygen atoms in total. The third-order valence-corrected chi connectivity index (χ3v) is 6.79. The van der Waals surface area contributed by atoms with Gasteiger partial charge in [0, 0.05) is 45.1 Å². The van der Waals surface area contributed by atoms with Crippen LogP contribution in [0.3, 0.4) is 0 Å². The van der Waals surface area contributed by atoms with Crippen LogP contribution in [0.2, 0.25) is 5.15 Å². The highest BCUT2D eigenvalue weighted by molar-refractivity contribution is 6.29. The number of halogens is 1. The van der Waals surface area contributed by atoms with Crippen molar-refractivity contribution in [2.45, 2.75) is 63.9 Å². The Kier molecular flexibility index (Phi) is 6.35. The number of likely N-dealkylation sites (tertiary alicyclic amines) is 1. The second-order valence-electron chi connectivity index (χ2n) is 8.61. The minimum atomic E-state index is -0.0248. The lowest BCUT2D eigenvalue weighted by molar-refractivity contribution is -0.153. The zero-order valence-corrected chi connectivity index (χ0v) is 17.6.